The van der Waals surface area contributed by atoms with Gasteiger partial charge in [0, 0.05) is 11.9 Å². The maximum Gasteiger partial charge on any atom is 0.285 e. The summed E-state index contributed by atoms with van der Waals surface area (Å²) in [6.07, 6.45) is 1.30. The van der Waals surface area contributed by atoms with Gasteiger partial charge in [0.25, 0.3) is 15.9 Å². The molecule has 1 aromatic carbocycles. The number of carbonyl (C=O) groups excluding carboxylic acids is 1. The van der Waals surface area contributed by atoms with Crippen molar-refractivity contribution in [3.05, 3.63) is 53.5 Å². The van der Waals surface area contributed by atoms with Gasteiger partial charge in [0.05, 0.1) is 12.1 Å². The highest BCUT2D eigenvalue weighted by atomic mass is 32.2. The number of anilines is 1. The molecule has 3 rings (SSSR count). The Hall–Kier alpha value is -2.48. The molecule has 2 aromatic rings. The molecule has 8 heteroatoms. The molecule has 0 saturated carbocycles. The quantitative estimate of drug-likeness (QED) is 0.840. The second-order valence-corrected chi connectivity index (χ2v) is 6.34. The fraction of sp³-hybridized carbons (Fsp3) is 0.0769. The van der Waals surface area contributed by atoms with Gasteiger partial charge in [-0.2, -0.15) is 8.42 Å². The Balaban J connectivity index is 2.03. The van der Waals surface area contributed by atoms with E-state index >= 15 is 0 Å². The van der Waals surface area contributed by atoms with E-state index in [1.807, 2.05) is 0 Å². The fourth-order valence-corrected chi connectivity index (χ4v) is 3.67. The zero-order valence-corrected chi connectivity index (χ0v) is 11.5. The molecule has 108 valence electrons. The Bertz CT molecular complexity index is 831. The first kappa shape index (κ1) is 13.5. The van der Waals surface area contributed by atoms with E-state index in [1.54, 1.807) is 0 Å². The van der Waals surface area contributed by atoms with Crippen LogP contribution in [0.3, 0.4) is 0 Å². The number of halogens is 1. The lowest BCUT2D eigenvalue weighted by Gasteiger charge is -2.15. The van der Waals surface area contributed by atoms with Gasteiger partial charge in [-0.25, -0.2) is 13.7 Å². The minimum Gasteiger partial charge on any atom is -0.399 e. The van der Waals surface area contributed by atoms with Crippen molar-refractivity contribution >= 4 is 21.6 Å². The molecule has 0 bridgehead atoms. The molecule has 0 saturated heterocycles. The number of benzene rings is 1. The minimum absolute atomic E-state index is 0.0156. The lowest BCUT2D eigenvalue weighted by Crippen LogP contribution is -2.29. The molecule has 0 spiro atoms. The fourth-order valence-electron chi connectivity index (χ4n) is 2.20. The van der Waals surface area contributed by atoms with E-state index in [0.29, 0.717) is 4.31 Å². The number of nitrogen functional groups attached to an aromatic ring is 1. The van der Waals surface area contributed by atoms with Crippen molar-refractivity contribution < 1.29 is 17.6 Å². The van der Waals surface area contributed by atoms with Crippen LogP contribution in [-0.2, 0) is 16.6 Å². The number of sulfonamides is 1. The van der Waals surface area contributed by atoms with Gasteiger partial charge in [0.15, 0.2) is 5.03 Å². The monoisotopic (exact) mass is 307 g/mol. The zero-order chi connectivity index (χ0) is 15.2. The first-order valence-corrected chi connectivity index (χ1v) is 7.40. The van der Waals surface area contributed by atoms with Gasteiger partial charge < -0.3 is 5.73 Å². The molecule has 0 radical (unpaired) electrons. The average Bonchev–Trinajstić information content (AvgIpc) is 2.60. The second kappa shape index (κ2) is 4.52. The zero-order valence-electron chi connectivity index (χ0n) is 10.7. The molecule has 1 aliphatic rings. The predicted octanol–water partition coefficient (Wildman–Crippen LogP) is 1.15. The highest BCUT2D eigenvalue weighted by Gasteiger charge is 2.42. The van der Waals surface area contributed by atoms with Gasteiger partial charge in [-0.1, -0.05) is 0 Å². The number of rotatable bonds is 2. The molecule has 0 aliphatic carbocycles. The third-order valence-corrected chi connectivity index (χ3v) is 4.76. The van der Waals surface area contributed by atoms with Crippen LogP contribution in [0, 0.1) is 5.82 Å². The summed E-state index contributed by atoms with van der Waals surface area (Å²) in [5, 5.41) is -0.278. The van der Waals surface area contributed by atoms with Crippen molar-refractivity contribution in [2.75, 3.05) is 5.73 Å². The lowest BCUT2D eigenvalue weighted by molar-refractivity contribution is 0.0864. The Morgan fingerprint density at radius 3 is 2.71 bits per heavy atom. The molecule has 2 heterocycles. The standard InChI is InChI=1S/C13H10FN3O3S/c14-9-4-8(5-10(15)6-9)7-17-13(18)11-2-1-3-16-12(11)21(17,19)20/h1-6H,7,15H2. The van der Waals surface area contributed by atoms with E-state index in [-0.39, 0.29) is 28.4 Å². The topological polar surface area (TPSA) is 93.4 Å². The lowest BCUT2D eigenvalue weighted by atomic mass is 10.2. The van der Waals surface area contributed by atoms with Crippen LogP contribution in [0.5, 0.6) is 0 Å². The van der Waals surface area contributed by atoms with Crippen LogP contribution in [0.2, 0.25) is 0 Å². The van der Waals surface area contributed by atoms with Crippen LogP contribution in [-0.4, -0.2) is 23.6 Å². The van der Waals surface area contributed by atoms with Crippen LogP contribution in [0.25, 0.3) is 0 Å². The summed E-state index contributed by atoms with van der Waals surface area (Å²) in [5.74, 6) is -1.27. The average molecular weight is 307 g/mol. The Kier molecular flexibility index (Phi) is 2.91. The van der Waals surface area contributed by atoms with E-state index in [2.05, 4.69) is 4.98 Å². The van der Waals surface area contributed by atoms with Crippen LogP contribution >= 0.6 is 0 Å². The molecule has 21 heavy (non-hydrogen) atoms. The van der Waals surface area contributed by atoms with Crippen molar-refractivity contribution in [3.63, 3.8) is 0 Å². The number of aromatic nitrogens is 1. The van der Waals surface area contributed by atoms with Crippen molar-refractivity contribution in [2.24, 2.45) is 0 Å². The number of fused-ring (bicyclic) bond motifs is 1. The smallest absolute Gasteiger partial charge is 0.285 e. The molecule has 0 fully saturated rings. The van der Waals surface area contributed by atoms with Crippen LogP contribution < -0.4 is 5.73 Å². The predicted molar refractivity (Wildman–Crippen MR) is 72.1 cm³/mol. The van der Waals surface area contributed by atoms with Crippen LogP contribution in [0.15, 0.2) is 41.6 Å². The van der Waals surface area contributed by atoms with E-state index in [1.165, 1.54) is 24.4 Å². The molecular weight excluding hydrogens is 297 g/mol. The molecule has 1 amide bonds. The third kappa shape index (κ3) is 2.13. The SMILES string of the molecule is Nc1cc(F)cc(CN2C(=O)c3cccnc3S2(=O)=O)c1. The van der Waals surface area contributed by atoms with Gasteiger partial charge in [-0.15, -0.1) is 0 Å². The first-order chi connectivity index (χ1) is 9.89. The number of nitrogens with two attached hydrogens (primary N) is 1. The summed E-state index contributed by atoms with van der Waals surface area (Å²) in [6.45, 7) is -0.292. The second-order valence-electron chi connectivity index (χ2n) is 4.57. The number of hydrogen-bond acceptors (Lipinski definition) is 5. The van der Waals surface area contributed by atoms with Crippen molar-refractivity contribution in [1.82, 2.24) is 9.29 Å². The van der Waals surface area contributed by atoms with E-state index in [4.69, 9.17) is 5.73 Å². The van der Waals surface area contributed by atoms with Gasteiger partial charge in [0.1, 0.15) is 5.82 Å². The van der Waals surface area contributed by atoms with Gasteiger partial charge >= 0.3 is 0 Å². The molecule has 1 aromatic heterocycles. The summed E-state index contributed by atoms with van der Waals surface area (Å²) in [6, 6.07) is 6.54. The summed E-state index contributed by atoms with van der Waals surface area (Å²) >= 11 is 0. The van der Waals surface area contributed by atoms with Crippen molar-refractivity contribution in [3.8, 4) is 0 Å². The number of nitrogens with zero attached hydrogens (tertiary/aromatic N) is 2. The molecule has 2 N–H and O–H groups in total. The largest absolute Gasteiger partial charge is 0.399 e. The Morgan fingerprint density at radius 1 is 1.29 bits per heavy atom. The minimum atomic E-state index is -4.01. The molecule has 0 unspecified atom stereocenters. The number of amides is 1. The van der Waals surface area contributed by atoms with Crippen molar-refractivity contribution in [1.29, 1.82) is 0 Å². The summed E-state index contributed by atoms with van der Waals surface area (Å²) in [5.41, 5.74) is 5.98. The number of hydrogen-bond donors (Lipinski definition) is 1. The molecular formula is C13H10FN3O3S. The third-order valence-electron chi connectivity index (χ3n) is 3.07. The van der Waals surface area contributed by atoms with E-state index in [9.17, 15) is 17.6 Å². The number of pyridine rings is 1. The Morgan fingerprint density at radius 2 is 2.05 bits per heavy atom. The summed E-state index contributed by atoms with van der Waals surface area (Å²) in [7, 11) is -4.01. The summed E-state index contributed by atoms with van der Waals surface area (Å²) in [4.78, 5) is 15.9. The highest BCUT2D eigenvalue weighted by molar-refractivity contribution is 7.90. The highest BCUT2D eigenvalue weighted by Crippen LogP contribution is 2.29. The van der Waals surface area contributed by atoms with Crippen LogP contribution in [0.4, 0.5) is 10.1 Å². The molecule has 0 atom stereocenters. The maximum absolute atomic E-state index is 13.3. The number of carbonyl (C=O) groups is 1. The van der Waals surface area contributed by atoms with Crippen LogP contribution in [0.1, 0.15) is 15.9 Å². The van der Waals surface area contributed by atoms with Gasteiger partial charge in [-0.05, 0) is 35.9 Å². The normalized spacial score (nSPS) is 16.0. The Labute approximate surface area is 120 Å². The molecule has 1 aliphatic heterocycles. The van der Waals surface area contributed by atoms with E-state index in [0.717, 1.165) is 12.1 Å². The first-order valence-electron chi connectivity index (χ1n) is 5.96. The summed E-state index contributed by atoms with van der Waals surface area (Å²) < 4.78 is 38.5. The van der Waals surface area contributed by atoms with Crippen molar-refractivity contribution in [2.45, 2.75) is 11.6 Å². The molecule has 6 nitrogen and oxygen atoms in total. The maximum atomic E-state index is 13.3. The van der Waals surface area contributed by atoms with Gasteiger partial charge in [-0.3, -0.25) is 4.79 Å². The van der Waals surface area contributed by atoms with Gasteiger partial charge in [0.2, 0.25) is 0 Å². The van der Waals surface area contributed by atoms with E-state index < -0.39 is 21.7 Å².